The molecule has 0 atom stereocenters. The SMILES string of the molecule is C=C1C=CC(c2ccc(C)cc2)=C1. The zero-order chi connectivity index (χ0) is 9.26. The molecule has 0 aromatic heterocycles. The van der Waals surface area contributed by atoms with Crippen molar-refractivity contribution in [2.24, 2.45) is 0 Å². The summed E-state index contributed by atoms with van der Waals surface area (Å²) in [7, 11) is 0. The third-order valence-corrected chi connectivity index (χ3v) is 2.20. The molecule has 2 rings (SSSR count). The van der Waals surface area contributed by atoms with Gasteiger partial charge in [-0.1, -0.05) is 48.6 Å². The second-order valence-corrected chi connectivity index (χ2v) is 3.37. The first-order valence-electron chi connectivity index (χ1n) is 4.41. The largest absolute Gasteiger partial charge is 0.0917 e. The number of benzene rings is 1. The van der Waals surface area contributed by atoms with E-state index in [2.05, 4.69) is 49.9 Å². The highest BCUT2D eigenvalue weighted by molar-refractivity contribution is 5.80. The first-order chi connectivity index (χ1) is 6.25. The summed E-state index contributed by atoms with van der Waals surface area (Å²) < 4.78 is 0. The van der Waals surface area contributed by atoms with Gasteiger partial charge in [-0.2, -0.15) is 0 Å². The Morgan fingerprint density at radius 3 is 2.23 bits per heavy atom. The van der Waals surface area contributed by atoms with Crippen molar-refractivity contribution < 1.29 is 0 Å². The first-order valence-corrected chi connectivity index (χ1v) is 4.41. The fourth-order valence-electron chi connectivity index (χ4n) is 1.42. The summed E-state index contributed by atoms with van der Waals surface area (Å²) in [6.07, 6.45) is 6.24. The molecule has 0 saturated carbocycles. The minimum Gasteiger partial charge on any atom is -0.0917 e. The molecule has 1 aliphatic carbocycles. The number of aryl methyl sites for hydroxylation is 1. The van der Waals surface area contributed by atoms with E-state index in [1.165, 1.54) is 16.7 Å². The lowest BCUT2D eigenvalue weighted by Crippen LogP contribution is -1.78. The summed E-state index contributed by atoms with van der Waals surface area (Å²) in [4.78, 5) is 0. The average molecular weight is 168 g/mol. The Kier molecular flexibility index (Phi) is 1.90. The number of rotatable bonds is 1. The molecular weight excluding hydrogens is 156 g/mol. The van der Waals surface area contributed by atoms with Crippen molar-refractivity contribution >= 4 is 5.57 Å². The van der Waals surface area contributed by atoms with Gasteiger partial charge in [-0.15, -0.1) is 0 Å². The Balaban J connectivity index is 2.37. The molecule has 0 N–H and O–H groups in total. The average Bonchev–Trinajstić information content (AvgIpc) is 2.53. The number of hydrogen-bond donors (Lipinski definition) is 0. The van der Waals surface area contributed by atoms with Crippen LogP contribution >= 0.6 is 0 Å². The Morgan fingerprint density at radius 1 is 1.00 bits per heavy atom. The summed E-state index contributed by atoms with van der Waals surface area (Å²) in [5, 5.41) is 0. The molecule has 1 aliphatic rings. The maximum atomic E-state index is 3.88. The molecular formula is C13H12. The van der Waals surface area contributed by atoms with Crippen LogP contribution in [0.3, 0.4) is 0 Å². The van der Waals surface area contributed by atoms with Crippen LogP contribution in [-0.4, -0.2) is 0 Å². The third kappa shape index (κ3) is 1.62. The van der Waals surface area contributed by atoms with Crippen LogP contribution in [0.2, 0.25) is 0 Å². The van der Waals surface area contributed by atoms with Crippen LogP contribution in [0, 0.1) is 6.92 Å². The lowest BCUT2D eigenvalue weighted by molar-refractivity contribution is 1.46. The van der Waals surface area contributed by atoms with E-state index in [1.54, 1.807) is 0 Å². The highest BCUT2D eigenvalue weighted by Gasteiger charge is 2.02. The molecule has 0 bridgehead atoms. The van der Waals surface area contributed by atoms with E-state index in [0.29, 0.717) is 0 Å². The van der Waals surface area contributed by atoms with Crippen molar-refractivity contribution in [3.63, 3.8) is 0 Å². The van der Waals surface area contributed by atoms with Gasteiger partial charge in [-0.25, -0.2) is 0 Å². The fraction of sp³-hybridized carbons (Fsp3) is 0.0769. The molecule has 0 saturated heterocycles. The molecule has 0 nitrogen and oxygen atoms in total. The molecule has 0 spiro atoms. The molecule has 0 heterocycles. The van der Waals surface area contributed by atoms with Crippen molar-refractivity contribution in [3.05, 3.63) is 65.8 Å². The van der Waals surface area contributed by atoms with Crippen LogP contribution in [0.4, 0.5) is 0 Å². The summed E-state index contributed by atoms with van der Waals surface area (Å²) in [6.45, 7) is 5.98. The second-order valence-electron chi connectivity index (χ2n) is 3.37. The monoisotopic (exact) mass is 168 g/mol. The van der Waals surface area contributed by atoms with Gasteiger partial charge in [-0.3, -0.25) is 0 Å². The highest BCUT2D eigenvalue weighted by Crippen LogP contribution is 2.23. The normalized spacial score (nSPS) is 14.8. The summed E-state index contributed by atoms with van der Waals surface area (Å²) in [5.41, 5.74) is 4.89. The highest BCUT2D eigenvalue weighted by atomic mass is 14.1. The number of allylic oxidation sites excluding steroid dienone is 5. The maximum absolute atomic E-state index is 3.88. The van der Waals surface area contributed by atoms with Gasteiger partial charge < -0.3 is 0 Å². The predicted molar refractivity (Wildman–Crippen MR) is 57.4 cm³/mol. The van der Waals surface area contributed by atoms with Crippen LogP contribution < -0.4 is 0 Å². The van der Waals surface area contributed by atoms with Gasteiger partial charge >= 0.3 is 0 Å². The zero-order valence-corrected chi connectivity index (χ0v) is 7.75. The van der Waals surface area contributed by atoms with Gasteiger partial charge in [-0.05, 0) is 29.7 Å². The van der Waals surface area contributed by atoms with Crippen molar-refractivity contribution in [1.29, 1.82) is 0 Å². The predicted octanol–water partition coefficient (Wildman–Crippen LogP) is 3.50. The maximum Gasteiger partial charge on any atom is -0.0178 e. The van der Waals surface area contributed by atoms with Gasteiger partial charge in [0.15, 0.2) is 0 Å². The first kappa shape index (κ1) is 8.06. The summed E-state index contributed by atoms with van der Waals surface area (Å²) >= 11 is 0. The minimum atomic E-state index is 1.08. The van der Waals surface area contributed by atoms with Gasteiger partial charge in [0, 0.05) is 0 Å². The van der Waals surface area contributed by atoms with Gasteiger partial charge in [0.2, 0.25) is 0 Å². The standard InChI is InChI=1S/C13H12/c1-10-3-6-12(7-4-10)13-8-5-11(2)9-13/h3-9H,2H2,1H3. The summed E-state index contributed by atoms with van der Waals surface area (Å²) in [6, 6.07) is 8.55. The van der Waals surface area contributed by atoms with E-state index >= 15 is 0 Å². The Hall–Kier alpha value is -1.56. The molecule has 0 fully saturated rings. The summed E-state index contributed by atoms with van der Waals surface area (Å²) in [5.74, 6) is 0. The molecule has 0 amide bonds. The molecule has 1 aromatic rings. The van der Waals surface area contributed by atoms with E-state index < -0.39 is 0 Å². The molecule has 0 heteroatoms. The topological polar surface area (TPSA) is 0 Å². The minimum absolute atomic E-state index is 1.08. The van der Waals surface area contributed by atoms with Gasteiger partial charge in [0.1, 0.15) is 0 Å². The Morgan fingerprint density at radius 2 is 1.69 bits per heavy atom. The van der Waals surface area contributed by atoms with Gasteiger partial charge in [0.05, 0.1) is 0 Å². The van der Waals surface area contributed by atoms with E-state index in [4.69, 9.17) is 0 Å². The molecule has 1 aromatic carbocycles. The number of hydrogen-bond acceptors (Lipinski definition) is 0. The zero-order valence-electron chi connectivity index (χ0n) is 7.75. The van der Waals surface area contributed by atoms with Crippen LogP contribution in [0.15, 0.2) is 54.6 Å². The molecule has 13 heavy (non-hydrogen) atoms. The second kappa shape index (κ2) is 3.06. The van der Waals surface area contributed by atoms with Crippen LogP contribution in [0.25, 0.3) is 5.57 Å². The van der Waals surface area contributed by atoms with E-state index in [-0.39, 0.29) is 0 Å². The molecule has 0 unspecified atom stereocenters. The molecule has 0 aliphatic heterocycles. The smallest absolute Gasteiger partial charge is 0.0178 e. The van der Waals surface area contributed by atoms with Gasteiger partial charge in [0.25, 0.3) is 0 Å². The lowest BCUT2D eigenvalue weighted by atomic mass is 10.1. The van der Waals surface area contributed by atoms with E-state index in [9.17, 15) is 0 Å². The Labute approximate surface area is 78.9 Å². The van der Waals surface area contributed by atoms with Crippen LogP contribution in [0.1, 0.15) is 11.1 Å². The van der Waals surface area contributed by atoms with Crippen LogP contribution in [-0.2, 0) is 0 Å². The van der Waals surface area contributed by atoms with Crippen LogP contribution in [0.5, 0.6) is 0 Å². The quantitative estimate of drug-likeness (QED) is 0.602. The van der Waals surface area contributed by atoms with Crippen molar-refractivity contribution in [3.8, 4) is 0 Å². The third-order valence-electron chi connectivity index (χ3n) is 2.20. The van der Waals surface area contributed by atoms with E-state index in [1.807, 2.05) is 6.08 Å². The van der Waals surface area contributed by atoms with Crippen molar-refractivity contribution in [1.82, 2.24) is 0 Å². The van der Waals surface area contributed by atoms with E-state index in [0.717, 1.165) is 5.57 Å². The lowest BCUT2D eigenvalue weighted by Gasteiger charge is -1.99. The Bertz CT molecular complexity index is 389. The molecule has 0 radical (unpaired) electrons. The fourth-order valence-corrected chi connectivity index (χ4v) is 1.42. The van der Waals surface area contributed by atoms with Crippen molar-refractivity contribution in [2.75, 3.05) is 0 Å². The molecule has 64 valence electrons. The van der Waals surface area contributed by atoms with Crippen molar-refractivity contribution in [2.45, 2.75) is 6.92 Å².